The van der Waals surface area contributed by atoms with Crippen molar-refractivity contribution in [2.75, 3.05) is 0 Å². The van der Waals surface area contributed by atoms with E-state index in [2.05, 4.69) is 182 Å². The lowest BCUT2D eigenvalue weighted by atomic mass is 9.80. The van der Waals surface area contributed by atoms with Crippen molar-refractivity contribution in [2.24, 2.45) is 0 Å². The van der Waals surface area contributed by atoms with E-state index in [0.717, 1.165) is 0 Å². The van der Waals surface area contributed by atoms with Crippen LogP contribution < -0.4 is 0 Å². The van der Waals surface area contributed by atoms with Crippen LogP contribution in [0, 0.1) is 0 Å². The standard InChI is InChI=1S/C51H33NS2/c1-51(2)42-28-32(16-20-35(42)38-22-25-48-49(50(38)51)39-13-7-9-15-46(39)54-48)33-17-21-36-40-26-30(18-23-43(40)52(44(36)29-33)34-10-4-3-5-11-34)31-19-24-47-41(27-31)37-12-6-8-14-45(37)53-47/h3-29H,1-2H3. The predicted molar refractivity (Wildman–Crippen MR) is 235 cm³/mol. The second-order valence-electron chi connectivity index (χ2n) is 15.3. The molecule has 0 aliphatic heterocycles. The average Bonchev–Trinajstić information content (AvgIpc) is 3.94. The number of para-hydroxylation sites is 1. The van der Waals surface area contributed by atoms with Crippen LogP contribution in [0.4, 0.5) is 0 Å². The fourth-order valence-corrected chi connectivity index (χ4v) is 11.6. The maximum absolute atomic E-state index is 2.47. The van der Waals surface area contributed by atoms with E-state index < -0.39 is 0 Å². The minimum absolute atomic E-state index is 0.123. The van der Waals surface area contributed by atoms with Gasteiger partial charge in [-0.05, 0) is 111 Å². The number of aromatic nitrogens is 1. The summed E-state index contributed by atoms with van der Waals surface area (Å²) in [6, 6.07) is 61.4. The number of thiophene rings is 2. The van der Waals surface area contributed by atoms with E-state index in [1.54, 1.807) is 0 Å². The van der Waals surface area contributed by atoms with Crippen molar-refractivity contribution in [1.29, 1.82) is 0 Å². The van der Waals surface area contributed by atoms with Gasteiger partial charge in [-0.1, -0.05) is 111 Å². The van der Waals surface area contributed by atoms with Crippen LogP contribution in [0.1, 0.15) is 25.0 Å². The van der Waals surface area contributed by atoms with E-state index in [1.165, 1.54) is 112 Å². The Labute approximate surface area is 321 Å². The molecule has 1 aliphatic rings. The lowest BCUT2D eigenvalue weighted by molar-refractivity contribution is 0.667. The van der Waals surface area contributed by atoms with Gasteiger partial charge in [-0.15, -0.1) is 22.7 Å². The van der Waals surface area contributed by atoms with Gasteiger partial charge in [-0.25, -0.2) is 0 Å². The van der Waals surface area contributed by atoms with Gasteiger partial charge in [0.15, 0.2) is 0 Å². The third kappa shape index (κ3) is 4.20. The Hall–Kier alpha value is -6.00. The Kier molecular flexibility index (Phi) is 6.22. The number of rotatable bonds is 3. The average molecular weight is 724 g/mol. The van der Waals surface area contributed by atoms with Gasteiger partial charge < -0.3 is 4.57 Å². The predicted octanol–water partition coefficient (Wildman–Crippen LogP) is 15.2. The van der Waals surface area contributed by atoms with E-state index in [1.807, 2.05) is 22.7 Å². The Morgan fingerprint density at radius 1 is 0.407 bits per heavy atom. The van der Waals surface area contributed by atoms with Crippen molar-refractivity contribution in [2.45, 2.75) is 19.3 Å². The third-order valence-electron chi connectivity index (χ3n) is 12.0. The molecule has 3 aromatic heterocycles. The first kappa shape index (κ1) is 30.5. The molecule has 8 aromatic carbocycles. The Morgan fingerprint density at radius 3 is 1.85 bits per heavy atom. The zero-order valence-electron chi connectivity index (χ0n) is 29.9. The van der Waals surface area contributed by atoms with E-state index in [9.17, 15) is 0 Å². The molecule has 0 radical (unpaired) electrons. The molecule has 3 heteroatoms. The molecule has 0 saturated carbocycles. The molecule has 1 aliphatic carbocycles. The molecule has 0 saturated heterocycles. The van der Waals surface area contributed by atoms with Crippen LogP contribution in [0.2, 0.25) is 0 Å². The lowest BCUT2D eigenvalue weighted by Gasteiger charge is -2.23. The highest BCUT2D eigenvalue weighted by atomic mass is 32.1. The highest BCUT2D eigenvalue weighted by Gasteiger charge is 2.38. The van der Waals surface area contributed by atoms with Crippen LogP contribution in [0.25, 0.3) is 101 Å². The van der Waals surface area contributed by atoms with E-state index in [-0.39, 0.29) is 5.41 Å². The molecule has 3 heterocycles. The summed E-state index contributed by atoms with van der Waals surface area (Å²) in [7, 11) is 0. The second-order valence-corrected chi connectivity index (χ2v) is 17.5. The van der Waals surface area contributed by atoms with Crippen molar-refractivity contribution >= 4 is 84.8 Å². The topological polar surface area (TPSA) is 4.93 Å². The molecule has 0 fully saturated rings. The van der Waals surface area contributed by atoms with Crippen LogP contribution >= 0.6 is 22.7 Å². The van der Waals surface area contributed by atoms with Gasteiger partial charge in [0.05, 0.1) is 11.0 Å². The maximum atomic E-state index is 2.47. The molecule has 0 N–H and O–H groups in total. The smallest absolute Gasteiger partial charge is 0.0547 e. The molecule has 54 heavy (non-hydrogen) atoms. The van der Waals surface area contributed by atoms with Gasteiger partial charge in [-0.2, -0.15) is 0 Å². The van der Waals surface area contributed by atoms with Crippen LogP contribution in [0.15, 0.2) is 164 Å². The fourth-order valence-electron chi connectivity index (χ4n) is 9.44. The second kappa shape index (κ2) is 11.0. The largest absolute Gasteiger partial charge is 0.309 e. The van der Waals surface area contributed by atoms with E-state index in [4.69, 9.17) is 0 Å². The van der Waals surface area contributed by atoms with Crippen molar-refractivity contribution in [3.63, 3.8) is 0 Å². The lowest BCUT2D eigenvalue weighted by Crippen LogP contribution is -2.15. The summed E-state index contributed by atoms with van der Waals surface area (Å²) in [5, 5.41) is 8.00. The number of nitrogens with zero attached hydrogens (tertiary/aromatic N) is 1. The summed E-state index contributed by atoms with van der Waals surface area (Å²) in [4.78, 5) is 0. The van der Waals surface area contributed by atoms with Gasteiger partial charge in [0.1, 0.15) is 0 Å². The van der Waals surface area contributed by atoms with Crippen molar-refractivity contribution in [3.05, 3.63) is 175 Å². The molecule has 254 valence electrons. The van der Waals surface area contributed by atoms with E-state index in [0.29, 0.717) is 0 Å². The van der Waals surface area contributed by atoms with Crippen molar-refractivity contribution in [3.8, 4) is 39.1 Å². The highest BCUT2D eigenvalue weighted by molar-refractivity contribution is 7.26. The van der Waals surface area contributed by atoms with Gasteiger partial charge in [-0.3, -0.25) is 0 Å². The first-order valence-corrected chi connectivity index (χ1v) is 20.3. The monoisotopic (exact) mass is 723 g/mol. The third-order valence-corrected chi connectivity index (χ3v) is 14.3. The van der Waals surface area contributed by atoms with E-state index >= 15 is 0 Å². The molecule has 0 amide bonds. The van der Waals surface area contributed by atoms with Gasteiger partial charge in [0, 0.05) is 62.2 Å². The van der Waals surface area contributed by atoms with Crippen LogP contribution in [-0.4, -0.2) is 4.57 Å². The number of hydrogen-bond acceptors (Lipinski definition) is 2. The maximum Gasteiger partial charge on any atom is 0.0547 e. The minimum Gasteiger partial charge on any atom is -0.309 e. The molecule has 12 rings (SSSR count). The molecule has 1 nitrogen and oxygen atoms in total. The van der Waals surface area contributed by atoms with Crippen molar-refractivity contribution < 1.29 is 0 Å². The van der Waals surface area contributed by atoms with Crippen molar-refractivity contribution in [1.82, 2.24) is 4.57 Å². The molecule has 11 aromatic rings. The SMILES string of the molecule is CC1(C)c2cc(-c3ccc4c5cc(-c6ccc7sc8ccccc8c7c6)ccc5n(-c5ccccc5)c4c3)ccc2-c2ccc3sc4ccccc4c3c21. The first-order chi connectivity index (χ1) is 26.5. The summed E-state index contributed by atoms with van der Waals surface area (Å²) in [5.74, 6) is 0. The molecule has 0 spiro atoms. The van der Waals surface area contributed by atoms with Crippen LogP contribution in [0.3, 0.4) is 0 Å². The highest BCUT2D eigenvalue weighted by Crippen LogP contribution is 2.54. The normalized spacial score (nSPS) is 13.5. The van der Waals surface area contributed by atoms with Gasteiger partial charge in [0.2, 0.25) is 0 Å². The molecule has 0 atom stereocenters. The summed E-state index contributed by atoms with van der Waals surface area (Å²) >= 11 is 3.78. The van der Waals surface area contributed by atoms with Gasteiger partial charge >= 0.3 is 0 Å². The summed E-state index contributed by atoms with van der Waals surface area (Å²) < 4.78 is 7.85. The number of fused-ring (bicyclic) bond motifs is 13. The number of hydrogen-bond donors (Lipinski definition) is 0. The fraction of sp³-hybridized carbons (Fsp3) is 0.0588. The molecule has 0 unspecified atom stereocenters. The molecular formula is C51H33NS2. The Bertz CT molecular complexity index is 3350. The Balaban J connectivity index is 1.02. The van der Waals surface area contributed by atoms with Crippen LogP contribution in [0.5, 0.6) is 0 Å². The molecule has 0 bridgehead atoms. The Morgan fingerprint density at radius 2 is 1.00 bits per heavy atom. The summed E-state index contributed by atoms with van der Waals surface area (Å²) in [6.07, 6.45) is 0. The zero-order valence-corrected chi connectivity index (χ0v) is 31.5. The minimum atomic E-state index is -0.123. The summed E-state index contributed by atoms with van der Waals surface area (Å²) in [5.41, 5.74) is 14.1. The quantitative estimate of drug-likeness (QED) is 0.171. The first-order valence-electron chi connectivity index (χ1n) is 18.7. The summed E-state index contributed by atoms with van der Waals surface area (Å²) in [6.45, 7) is 4.83. The number of benzene rings is 8. The molecular weight excluding hydrogens is 691 g/mol. The van der Waals surface area contributed by atoms with Gasteiger partial charge in [0.25, 0.3) is 0 Å². The zero-order chi connectivity index (χ0) is 35.7. The van der Waals surface area contributed by atoms with Crippen LogP contribution in [-0.2, 0) is 5.41 Å².